The number of aromatic nitrogens is 1. The van der Waals surface area contributed by atoms with Crippen LogP contribution in [0.1, 0.15) is 16.8 Å². The van der Waals surface area contributed by atoms with Crippen LogP contribution in [0, 0.1) is 0 Å². The van der Waals surface area contributed by atoms with Gasteiger partial charge in [0, 0.05) is 33.9 Å². The molecule has 6 nitrogen and oxygen atoms in total. The fraction of sp³-hybridized carbons (Fsp3) is 0.150. The second-order valence-electron chi connectivity index (χ2n) is 5.97. The highest BCUT2D eigenvalue weighted by molar-refractivity contribution is 9.10. The molecule has 0 atom stereocenters. The van der Waals surface area contributed by atoms with Crippen molar-refractivity contribution in [3.05, 3.63) is 63.9 Å². The van der Waals surface area contributed by atoms with E-state index in [9.17, 15) is 18.4 Å². The van der Waals surface area contributed by atoms with Gasteiger partial charge in [0.15, 0.2) is 5.13 Å². The highest BCUT2D eigenvalue weighted by Crippen LogP contribution is 2.33. The normalized spacial score (nSPS) is 10.7. The van der Waals surface area contributed by atoms with Crippen molar-refractivity contribution in [2.75, 3.05) is 11.9 Å². The topological polar surface area (TPSA) is 80.3 Å². The third-order valence-corrected chi connectivity index (χ3v) is 5.16. The number of alkyl halides is 2. The molecule has 10 heteroatoms. The SMILES string of the molecule is O=C(CCNC(=O)c1ccc(Br)cc1)Nc1nc(-c2ccccc2OC(F)F)cs1. The first kappa shape index (κ1) is 21.8. The first-order valence-electron chi connectivity index (χ1n) is 8.76. The number of benzene rings is 2. The number of carbonyl (C=O) groups excluding carboxylic acids is 2. The van der Waals surface area contributed by atoms with Gasteiger partial charge in [-0.15, -0.1) is 11.3 Å². The smallest absolute Gasteiger partial charge is 0.387 e. The van der Waals surface area contributed by atoms with Crippen LogP contribution in [0.4, 0.5) is 13.9 Å². The maximum Gasteiger partial charge on any atom is 0.387 e. The molecule has 2 N–H and O–H groups in total. The van der Waals surface area contributed by atoms with Crippen LogP contribution in [-0.2, 0) is 4.79 Å². The van der Waals surface area contributed by atoms with Crippen molar-refractivity contribution in [2.45, 2.75) is 13.0 Å². The molecule has 0 spiro atoms. The second-order valence-corrected chi connectivity index (χ2v) is 7.75. The van der Waals surface area contributed by atoms with Crippen LogP contribution in [-0.4, -0.2) is 30.0 Å². The van der Waals surface area contributed by atoms with Crippen molar-refractivity contribution in [1.29, 1.82) is 0 Å². The molecule has 1 heterocycles. The number of ether oxygens (including phenoxy) is 1. The van der Waals surface area contributed by atoms with E-state index in [1.165, 1.54) is 6.07 Å². The van der Waals surface area contributed by atoms with Crippen LogP contribution in [0.3, 0.4) is 0 Å². The molecule has 2 aromatic carbocycles. The van der Waals surface area contributed by atoms with E-state index >= 15 is 0 Å². The predicted octanol–water partition coefficient (Wildman–Crippen LogP) is 4.93. The molecule has 0 radical (unpaired) electrons. The molecule has 0 saturated carbocycles. The maximum atomic E-state index is 12.6. The van der Waals surface area contributed by atoms with E-state index in [1.807, 2.05) is 0 Å². The minimum absolute atomic E-state index is 0.00586. The number of amides is 2. The maximum absolute atomic E-state index is 12.6. The Kier molecular flexibility index (Phi) is 7.47. The standard InChI is InChI=1S/C20H16BrF2N3O3S/c21-13-7-5-12(6-8-13)18(28)24-10-9-17(27)26-20-25-15(11-30-20)14-3-1-2-4-16(14)29-19(22)23/h1-8,11,19H,9-10H2,(H,24,28)(H,25,26,27). The molecule has 3 rings (SSSR count). The fourth-order valence-corrected chi connectivity index (χ4v) is 3.50. The zero-order chi connectivity index (χ0) is 21.5. The van der Waals surface area contributed by atoms with Gasteiger partial charge in [0.05, 0.1) is 5.69 Å². The van der Waals surface area contributed by atoms with Gasteiger partial charge in [-0.1, -0.05) is 28.1 Å². The van der Waals surface area contributed by atoms with Crippen molar-refractivity contribution in [3.8, 4) is 17.0 Å². The molecule has 0 saturated heterocycles. The summed E-state index contributed by atoms with van der Waals surface area (Å²) < 4.78 is 30.5. The van der Waals surface area contributed by atoms with E-state index < -0.39 is 6.61 Å². The molecule has 1 aromatic heterocycles. The zero-order valence-corrected chi connectivity index (χ0v) is 17.8. The number of hydrogen-bond acceptors (Lipinski definition) is 5. The van der Waals surface area contributed by atoms with Crippen molar-refractivity contribution < 1.29 is 23.1 Å². The van der Waals surface area contributed by atoms with E-state index in [2.05, 4.69) is 36.3 Å². The summed E-state index contributed by atoms with van der Waals surface area (Å²) in [4.78, 5) is 28.4. The van der Waals surface area contributed by atoms with Gasteiger partial charge in [-0.05, 0) is 36.4 Å². The largest absolute Gasteiger partial charge is 0.434 e. The third-order valence-electron chi connectivity index (χ3n) is 3.87. The fourth-order valence-electron chi connectivity index (χ4n) is 2.51. The average Bonchev–Trinajstić information content (AvgIpc) is 3.16. The molecular weight excluding hydrogens is 480 g/mol. The Morgan fingerprint density at radius 2 is 1.87 bits per heavy atom. The summed E-state index contributed by atoms with van der Waals surface area (Å²) in [7, 11) is 0. The summed E-state index contributed by atoms with van der Waals surface area (Å²) in [5, 5.41) is 7.27. The number of halogens is 3. The lowest BCUT2D eigenvalue weighted by Gasteiger charge is -2.08. The molecule has 156 valence electrons. The Balaban J connectivity index is 1.53. The van der Waals surface area contributed by atoms with Gasteiger partial charge in [0.2, 0.25) is 5.91 Å². The molecule has 0 aliphatic heterocycles. The quantitative estimate of drug-likeness (QED) is 0.464. The van der Waals surface area contributed by atoms with Crippen molar-refractivity contribution in [2.24, 2.45) is 0 Å². The number of rotatable bonds is 8. The van der Waals surface area contributed by atoms with Gasteiger partial charge in [0.25, 0.3) is 5.91 Å². The highest BCUT2D eigenvalue weighted by atomic mass is 79.9. The van der Waals surface area contributed by atoms with Crippen molar-refractivity contribution >= 4 is 44.2 Å². The van der Waals surface area contributed by atoms with E-state index in [-0.39, 0.29) is 30.5 Å². The first-order chi connectivity index (χ1) is 14.4. The molecule has 3 aromatic rings. The Labute approximate surface area is 183 Å². The minimum Gasteiger partial charge on any atom is -0.434 e. The predicted molar refractivity (Wildman–Crippen MR) is 114 cm³/mol. The van der Waals surface area contributed by atoms with E-state index in [0.29, 0.717) is 22.0 Å². The Morgan fingerprint density at radius 1 is 1.13 bits per heavy atom. The van der Waals surface area contributed by atoms with Gasteiger partial charge in [-0.25, -0.2) is 4.98 Å². The number of hydrogen-bond donors (Lipinski definition) is 2. The van der Waals surface area contributed by atoms with Gasteiger partial charge in [-0.2, -0.15) is 8.78 Å². The number of nitrogens with one attached hydrogen (secondary N) is 2. The summed E-state index contributed by atoms with van der Waals surface area (Å²) in [6.07, 6.45) is 0.0578. The van der Waals surface area contributed by atoms with Gasteiger partial charge in [0.1, 0.15) is 5.75 Å². The molecule has 0 fully saturated rings. The molecule has 0 aliphatic carbocycles. The zero-order valence-electron chi connectivity index (χ0n) is 15.4. The molecule has 0 unspecified atom stereocenters. The van der Waals surface area contributed by atoms with E-state index in [0.717, 1.165) is 15.8 Å². The number of thiazole rings is 1. The Hall–Kier alpha value is -2.85. The van der Waals surface area contributed by atoms with Crippen LogP contribution >= 0.6 is 27.3 Å². The van der Waals surface area contributed by atoms with Gasteiger partial charge >= 0.3 is 6.61 Å². The lowest BCUT2D eigenvalue weighted by molar-refractivity contribution is -0.116. The van der Waals surface area contributed by atoms with Crippen molar-refractivity contribution in [1.82, 2.24) is 10.3 Å². The molecule has 0 aliphatic rings. The molecule has 30 heavy (non-hydrogen) atoms. The number of para-hydroxylation sites is 1. The van der Waals surface area contributed by atoms with Gasteiger partial charge < -0.3 is 15.4 Å². The number of anilines is 1. The van der Waals surface area contributed by atoms with Crippen LogP contribution in [0.2, 0.25) is 0 Å². The van der Waals surface area contributed by atoms with Crippen molar-refractivity contribution in [3.63, 3.8) is 0 Å². The first-order valence-corrected chi connectivity index (χ1v) is 10.4. The van der Waals surface area contributed by atoms with E-state index in [1.54, 1.807) is 47.8 Å². The summed E-state index contributed by atoms with van der Waals surface area (Å²) in [6.45, 7) is -2.79. The van der Waals surface area contributed by atoms with E-state index in [4.69, 9.17) is 0 Å². The van der Waals surface area contributed by atoms with Crippen LogP contribution in [0.15, 0.2) is 58.4 Å². The molecule has 0 bridgehead atoms. The monoisotopic (exact) mass is 495 g/mol. The molecule has 2 amide bonds. The Morgan fingerprint density at radius 3 is 2.60 bits per heavy atom. The number of carbonyl (C=O) groups is 2. The summed E-state index contributed by atoms with van der Waals surface area (Å²) >= 11 is 4.46. The summed E-state index contributed by atoms with van der Waals surface area (Å²) in [6, 6.07) is 13.2. The van der Waals surface area contributed by atoms with Crippen LogP contribution < -0.4 is 15.4 Å². The Bertz CT molecular complexity index is 1030. The number of nitrogens with zero attached hydrogens (tertiary/aromatic N) is 1. The lowest BCUT2D eigenvalue weighted by atomic mass is 10.1. The summed E-state index contributed by atoms with van der Waals surface area (Å²) in [5.74, 6) is -0.599. The lowest BCUT2D eigenvalue weighted by Crippen LogP contribution is -2.27. The average molecular weight is 496 g/mol. The summed E-state index contributed by atoms with van der Waals surface area (Å²) in [5.41, 5.74) is 1.30. The highest BCUT2D eigenvalue weighted by Gasteiger charge is 2.14. The second kappa shape index (κ2) is 10.3. The third kappa shape index (κ3) is 6.07. The van der Waals surface area contributed by atoms with Crippen LogP contribution in [0.5, 0.6) is 5.75 Å². The minimum atomic E-state index is -2.95. The van der Waals surface area contributed by atoms with Gasteiger partial charge in [-0.3, -0.25) is 9.59 Å². The van der Waals surface area contributed by atoms with Crippen LogP contribution in [0.25, 0.3) is 11.3 Å². The molecular formula is C20H16BrF2N3O3S.